The number of rotatable bonds is 1. The van der Waals surface area contributed by atoms with Crippen LogP contribution < -0.4 is 4.74 Å². The Morgan fingerprint density at radius 3 is 2.84 bits per heavy atom. The van der Waals surface area contributed by atoms with Gasteiger partial charge in [-0.3, -0.25) is 0 Å². The molecule has 0 saturated heterocycles. The molecule has 0 radical (unpaired) electrons. The molecule has 2 aromatic carbocycles. The Labute approximate surface area is 112 Å². The second-order valence-corrected chi connectivity index (χ2v) is 4.99. The summed E-state index contributed by atoms with van der Waals surface area (Å²) in [5, 5.41) is 1.26. The summed E-state index contributed by atoms with van der Waals surface area (Å²) in [6.45, 7) is 1.02. The van der Waals surface area contributed by atoms with Crippen LogP contribution in [-0.4, -0.2) is 11.7 Å². The van der Waals surface area contributed by atoms with E-state index >= 15 is 0 Å². The molecule has 0 bridgehead atoms. The number of benzene rings is 2. The van der Waals surface area contributed by atoms with Crippen molar-refractivity contribution in [3.8, 4) is 17.0 Å². The number of hydrogen-bond donors (Lipinski definition) is 0. The molecule has 3 aromatic rings. The first-order chi connectivity index (χ1) is 9.38. The summed E-state index contributed by atoms with van der Waals surface area (Å²) in [4.78, 5) is 0. The number of aryl methyl sites for hydroxylation is 2. The predicted molar refractivity (Wildman–Crippen MR) is 77.6 cm³/mol. The fourth-order valence-electron chi connectivity index (χ4n) is 3.13. The minimum Gasteiger partial charge on any atom is -0.495 e. The number of fused-ring (bicyclic) bond motifs is 5. The van der Waals surface area contributed by atoms with Crippen molar-refractivity contribution in [2.24, 2.45) is 0 Å². The maximum absolute atomic E-state index is 5.52. The first kappa shape index (κ1) is 10.7. The average molecular weight is 249 g/mol. The maximum Gasteiger partial charge on any atom is 0.143 e. The van der Waals surface area contributed by atoms with Crippen molar-refractivity contribution in [1.29, 1.82) is 0 Å². The van der Waals surface area contributed by atoms with Crippen molar-refractivity contribution < 1.29 is 4.74 Å². The summed E-state index contributed by atoms with van der Waals surface area (Å²) in [5.41, 5.74) is 5.32. The van der Waals surface area contributed by atoms with E-state index in [4.69, 9.17) is 4.74 Å². The number of methoxy groups -OCH3 is 1. The van der Waals surface area contributed by atoms with Gasteiger partial charge < -0.3 is 9.30 Å². The van der Waals surface area contributed by atoms with E-state index in [0.29, 0.717) is 0 Å². The summed E-state index contributed by atoms with van der Waals surface area (Å²) in [6.07, 6.45) is 1.09. The zero-order chi connectivity index (χ0) is 12.8. The molecule has 0 unspecified atom stereocenters. The van der Waals surface area contributed by atoms with Crippen LogP contribution in [0.1, 0.15) is 5.56 Å². The summed E-state index contributed by atoms with van der Waals surface area (Å²) >= 11 is 0. The lowest BCUT2D eigenvalue weighted by Crippen LogP contribution is -2.10. The van der Waals surface area contributed by atoms with E-state index in [-0.39, 0.29) is 0 Å². The topological polar surface area (TPSA) is 14.2 Å². The molecule has 1 aliphatic rings. The molecule has 0 aliphatic carbocycles. The Kier molecular flexibility index (Phi) is 2.18. The lowest BCUT2D eigenvalue weighted by molar-refractivity contribution is 0.417. The smallest absolute Gasteiger partial charge is 0.143 e. The van der Waals surface area contributed by atoms with Gasteiger partial charge in [0.25, 0.3) is 0 Å². The lowest BCUT2D eigenvalue weighted by atomic mass is 9.99. The van der Waals surface area contributed by atoms with Gasteiger partial charge >= 0.3 is 0 Å². The molecule has 94 valence electrons. The fourth-order valence-corrected chi connectivity index (χ4v) is 3.13. The number of ether oxygens (including phenoxy) is 1. The molecule has 0 saturated carbocycles. The largest absolute Gasteiger partial charge is 0.495 e. The van der Waals surface area contributed by atoms with Crippen LogP contribution in [0.25, 0.3) is 22.2 Å². The monoisotopic (exact) mass is 249 g/mol. The van der Waals surface area contributed by atoms with Gasteiger partial charge in [-0.1, -0.05) is 36.4 Å². The molecule has 1 aliphatic heterocycles. The highest BCUT2D eigenvalue weighted by Gasteiger charge is 2.19. The van der Waals surface area contributed by atoms with Gasteiger partial charge in [0, 0.05) is 23.2 Å². The van der Waals surface area contributed by atoms with Crippen LogP contribution in [0.15, 0.2) is 48.5 Å². The van der Waals surface area contributed by atoms with E-state index in [1.165, 1.54) is 27.7 Å². The normalized spacial score (nSPS) is 13.1. The second-order valence-electron chi connectivity index (χ2n) is 4.99. The molecule has 0 atom stereocenters. The van der Waals surface area contributed by atoms with Crippen LogP contribution >= 0.6 is 0 Å². The van der Waals surface area contributed by atoms with E-state index in [9.17, 15) is 0 Å². The van der Waals surface area contributed by atoms with Crippen LogP contribution in [0.4, 0.5) is 0 Å². The van der Waals surface area contributed by atoms with Gasteiger partial charge in [-0.05, 0) is 24.1 Å². The van der Waals surface area contributed by atoms with Crippen molar-refractivity contribution in [3.63, 3.8) is 0 Å². The van der Waals surface area contributed by atoms with E-state index in [0.717, 1.165) is 18.7 Å². The van der Waals surface area contributed by atoms with Crippen LogP contribution in [-0.2, 0) is 13.0 Å². The van der Waals surface area contributed by atoms with Crippen molar-refractivity contribution >= 4 is 10.9 Å². The Morgan fingerprint density at radius 1 is 1.05 bits per heavy atom. The van der Waals surface area contributed by atoms with Crippen molar-refractivity contribution in [2.75, 3.05) is 7.11 Å². The molecule has 0 amide bonds. The van der Waals surface area contributed by atoms with Crippen molar-refractivity contribution in [2.45, 2.75) is 13.0 Å². The highest BCUT2D eigenvalue weighted by atomic mass is 16.5. The summed E-state index contributed by atoms with van der Waals surface area (Å²) in [5.74, 6) is 0.961. The van der Waals surface area contributed by atoms with Gasteiger partial charge in [0.2, 0.25) is 0 Å². The maximum atomic E-state index is 5.52. The summed E-state index contributed by atoms with van der Waals surface area (Å²) < 4.78 is 7.90. The van der Waals surface area contributed by atoms with Gasteiger partial charge in [-0.15, -0.1) is 0 Å². The quantitative estimate of drug-likeness (QED) is 0.638. The van der Waals surface area contributed by atoms with E-state index < -0.39 is 0 Å². The lowest BCUT2D eigenvalue weighted by Gasteiger charge is -2.20. The molecule has 2 nitrogen and oxygen atoms in total. The zero-order valence-electron chi connectivity index (χ0n) is 10.9. The molecule has 0 fully saturated rings. The highest BCUT2D eigenvalue weighted by Crippen LogP contribution is 2.37. The average Bonchev–Trinajstić information content (AvgIpc) is 2.86. The standard InChI is InChI=1S/C17H15NO/c1-19-16-8-4-6-13-11-15-14-7-3-2-5-12(14)9-10-18(15)17(13)16/h2-8,11H,9-10H2,1H3. The number of nitrogens with zero attached hydrogens (tertiary/aromatic N) is 1. The zero-order valence-corrected chi connectivity index (χ0v) is 10.9. The van der Waals surface area contributed by atoms with E-state index in [1.807, 2.05) is 6.07 Å². The number of hydrogen-bond acceptors (Lipinski definition) is 1. The van der Waals surface area contributed by atoms with Crippen LogP contribution in [0.2, 0.25) is 0 Å². The van der Waals surface area contributed by atoms with Crippen LogP contribution in [0.3, 0.4) is 0 Å². The fraction of sp³-hybridized carbons (Fsp3) is 0.176. The minimum atomic E-state index is 0.961. The number of aromatic nitrogens is 1. The third-order valence-electron chi connectivity index (χ3n) is 4.00. The molecular weight excluding hydrogens is 234 g/mol. The Morgan fingerprint density at radius 2 is 1.95 bits per heavy atom. The minimum absolute atomic E-state index is 0.961. The molecule has 2 heteroatoms. The molecule has 1 aromatic heterocycles. The summed E-state index contributed by atoms with van der Waals surface area (Å²) in [6, 6.07) is 17.2. The summed E-state index contributed by atoms with van der Waals surface area (Å²) in [7, 11) is 1.74. The number of para-hydroxylation sites is 1. The Hall–Kier alpha value is -2.22. The molecule has 2 heterocycles. The van der Waals surface area contributed by atoms with Crippen molar-refractivity contribution in [1.82, 2.24) is 4.57 Å². The van der Waals surface area contributed by atoms with E-state index in [2.05, 4.69) is 47.0 Å². The molecular formula is C17H15NO. The van der Waals surface area contributed by atoms with Crippen molar-refractivity contribution in [3.05, 3.63) is 54.1 Å². The van der Waals surface area contributed by atoms with Gasteiger partial charge in [0.1, 0.15) is 5.75 Å². The van der Waals surface area contributed by atoms with E-state index in [1.54, 1.807) is 7.11 Å². The third-order valence-corrected chi connectivity index (χ3v) is 4.00. The molecule has 0 N–H and O–H groups in total. The highest BCUT2D eigenvalue weighted by molar-refractivity contribution is 5.92. The SMILES string of the molecule is COc1cccc2cc3n(c12)CCc1ccccc1-3. The van der Waals surface area contributed by atoms with Gasteiger partial charge in [0.15, 0.2) is 0 Å². The first-order valence-electron chi connectivity index (χ1n) is 6.63. The van der Waals surface area contributed by atoms with Crippen LogP contribution in [0, 0.1) is 0 Å². The van der Waals surface area contributed by atoms with Gasteiger partial charge in [0.05, 0.1) is 12.6 Å². The predicted octanol–water partition coefficient (Wildman–Crippen LogP) is 3.87. The van der Waals surface area contributed by atoms with Gasteiger partial charge in [-0.25, -0.2) is 0 Å². The Bertz CT molecular complexity index is 770. The Balaban J connectivity index is 2.08. The first-order valence-corrected chi connectivity index (χ1v) is 6.63. The van der Waals surface area contributed by atoms with Gasteiger partial charge in [-0.2, -0.15) is 0 Å². The molecule has 0 spiro atoms. The third kappa shape index (κ3) is 1.43. The second kappa shape index (κ2) is 3.89. The van der Waals surface area contributed by atoms with Crippen LogP contribution in [0.5, 0.6) is 5.75 Å². The molecule has 4 rings (SSSR count). The molecule has 19 heavy (non-hydrogen) atoms.